The van der Waals surface area contributed by atoms with Crippen LogP contribution in [0.2, 0.25) is 0 Å². The molecule has 0 radical (unpaired) electrons. The predicted molar refractivity (Wildman–Crippen MR) is 151 cm³/mol. The number of amides is 2. The summed E-state index contributed by atoms with van der Waals surface area (Å²) in [6.45, 7) is 14.0. The van der Waals surface area contributed by atoms with E-state index in [1.54, 1.807) is 6.07 Å². The Kier molecular flexibility index (Phi) is 9.46. The lowest BCUT2D eigenvalue weighted by molar-refractivity contribution is -0.134. The molecule has 3 rings (SSSR count). The normalized spacial score (nSPS) is 13.6. The summed E-state index contributed by atoms with van der Waals surface area (Å²) in [7, 11) is -4.17. The molecule has 0 aliphatic heterocycles. The Bertz CT molecular complexity index is 1230. The molecule has 0 atom stereocenters. The van der Waals surface area contributed by atoms with Crippen LogP contribution in [-0.4, -0.2) is 44.8 Å². The fourth-order valence-corrected chi connectivity index (χ4v) is 5.21. The van der Waals surface area contributed by atoms with E-state index in [1.165, 1.54) is 31.2 Å². The Morgan fingerprint density at radius 1 is 1.03 bits per heavy atom. The topological polar surface area (TPSA) is 96.0 Å². The number of hydrogen-bond acceptors (Lipinski definition) is 6. The van der Waals surface area contributed by atoms with E-state index in [9.17, 15) is 18.0 Å². The molecule has 0 spiro atoms. The molecular weight excluding hydrogens is 502 g/mol. The first-order chi connectivity index (χ1) is 17.8. The minimum Gasteiger partial charge on any atom is -0.379 e. The summed E-state index contributed by atoms with van der Waals surface area (Å²) in [5, 5.41) is 2.63. The zero-order chi connectivity index (χ0) is 28.1. The summed E-state index contributed by atoms with van der Waals surface area (Å²) >= 11 is 0. The minimum absolute atomic E-state index is 0.0237. The van der Waals surface area contributed by atoms with Gasteiger partial charge in [0, 0.05) is 62.5 Å². The van der Waals surface area contributed by atoms with E-state index in [0.717, 1.165) is 31.6 Å². The maximum absolute atomic E-state index is 13.3. The Hall–Kier alpha value is -3.07. The number of hydrogen-bond donors (Lipinski definition) is 1. The van der Waals surface area contributed by atoms with Crippen LogP contribution in [0, 0.1) is 11.3 Å². The van der Waals surface area contributed by atoms with E-state index in [4.69, 9.17) is 4.18 Å². The minimum atomic E-state index is -4.17. The SMILES string of the molecule is CCN(CC)c1ccc(CN(CC2CC2)C(=O)CC(C)(C)C)c(OS(=O)(=O)c2ccc(NC(C)=O)cc2)c1. The van der Waals surface area contributed by atoms with Gasteiger partial charge in [-0.2, -0.15) is 8.42 Å². The van der Waals surface area contributed by atoms with Gasteiger partial charge in [0.1, 0.15) is 10.6 Å². The molecule has 0 heterocycles. The average Bonchev–Trinajstić information content (AvgIpc) is 3.63. The zero-order valence-corrected chi connectivity index (χ0v) is 24.2. The molecular formula is C29H41N3O5S. The standard InChI is InChI=1S/C29H41N3O5S/c1-7-31(8-2)25-14-11-23(20-32(19-22-9-10-22)28(34)18-29(4,5)6)27(17-25)37-38(35,36)26-15-12-24(13-16-26)30-21(3)33/h11-17,22H,7-10,18-20H2,1-6H3,(H,30,33). The van der Waals surface area contributed by atoms with Gasteiger partial charge in [0.15, 0.2) is 0 Å². The second kappa shape index (κ2) is 12.2. The van der Waals surface area contributed by atoms with E-state index >= 15 is 0 Å². The van der Waals surface area contributed by atoms with Crippen molar-refractivity contribution in [3.05, 3.63) is 48.0 Å². The number of rotatable bonds is 12. The van der Waals surface area contributed by atoms with Gasteiger partial charge in [-0.3, -0.25) is 9.59 Å². The van der Waals surface area contributed by atoms with Crippen LogP contribution < -0.4 is 14.4 Å². The quantitative estimate of drug-likeness (QED) is 0.359. The van der Waals surface area contributed by atoms with E-state index in [0.29, 0.717) is 30.1 Å². The van der Waals surface area contributed by atoms with Gasteiger partial charge in [0.25, 0.3) is 0 Å². The largest absolute Gasteiger partial charge is 0.379 e. The fourth-order valence-electron chi connectivity index (χ4n) is 4.25. The fraction of sp³-hybridized carbons (Fsp3) is 0.517. The van der Waals surface area contributed by atoms with Crippen LogP contribution in [0.25, 0.3) is 0 Å². The van der Waals surface area contributed by atoms with Crippen molar-refractivity contribution in [2.75, 3.05) is 29.9 Å². The van der Waals surface area contributed by atoms with E-state index in [2.05, 4.69) is 10.2 Å². The lowest BCUT2D eigenvalue weighted by Gasteiger charge is -2.28. The van der Waals surface area contributed by atoms with Crippen molar-refractivity contribution in [3.8, 4) is 5.75 Å². The monoisotopic (exact) mass is 543 g/mol. The molecule has 208 valence electrons. The summed E-state index contributed by atoms with van der Waals surface area (Å²) in [6.07, 6.45) is 2.62. The van der Waals surface area contributed by atoms with Gasteiger partial charge < -0.3 is 19.3 Å². The molecule has 0 bridgehead atoms. The average molecular weight is 544 g/mol. The number of nitrogens with one attached hydrogen (secondary N) is 1. The van der Waals surface area contributed by atoms with Gasteiger partial charge in [-0.15, -0.1) is 0 Å². The third-order valence-electron chi connectivity index (χ3n) is 6.41. The summed E-state index contributed by atoms with van der Waals surface area (Å²) in [6, 6.07) is 11.4. The highest BCUT2D eigenvalue weighted by molar-refractivity contribution is 7.87. The van der Waals surface area contributed by atoms with Crippen molar-refractivity contribution in [3.63, 3.8) is 0 Å². The zero-order valence-electron chi connectivity index (χ0n) is 23.4. The Morgan fingerprint density at radius 3 is 2.18 bits per heavy atom. The van der Waals surface area contributed by atoms with Crippen molar-refractivity contribution in [1.82, 2.24) is 4.90 Å². The highest BCUT2D eigenvalue weighted by atomic mass is 32.2. The predicted octanol–water partition coefficient (Wildman–Crippen LogP) is 5.43. The molecule has 1 saturated carbocycles. The molecule has 1 aliphatic rings. The van der Waals surface area contributed by atoms with Crippen LogP contribution in [0.15, 0.2) is 47.4 Å². The number of anilines is 2. The summed E-state index contributed by atoms with van der Waals surface area (Å²) < 4.78 is 32.3. The van der Waals surface area contributed by atoms with Gasteiger partial charge in [0.2, 0.25) is 11.8 Å². The maximum atomic E-state index is 13.3. The van der Waals surface area contributed by atoms with Gasteiger partial charge >= 0.3 is 10.1 Å². The second-order valence-electron chi connectivity index (χ2n) is 11.2. The van der Waals surface area contributed by atoms with Crippen LogP contribution in [0.5, 0.6) is 5.75 Å². The third-order valence-corrected chi connectivity index (χ3v) is 7.66. The van der Waals surface area contributed by atoms with Gasteiger partial charge in [0.05, 0.1) is 0 Å². The lowest BCUT2D eigenvalue weighted by atomic mass is 9.91. The van der Waals surface area contributed by atoms with Crippen LogP contribution >= 0.6 is 0 Å². The van der Waals surface area contributed by atoms with Crippen LogP contribution in [0.3, 0.4) is 0 Å². The van der Waals surface area contributed by atoms with E-state index < -0.39 is 10.1 Å². The van der Waals surface area contributed by atoms with Crippen molar-refractivity contribution in [1.29, 1.82) is 0 Å². The molecule has 9 heteroatoms. The van der Waals surface area contributed by atoms with Gasteiger partial charge in [-0.1, -0.05) is 26.8 Å². The van der Waals surface area contributed by atoms with Crippen LogP contribution in [0.1, 0.15) is 66.4 Å². The molecule has 1 aliphatic carbocycles. The van der Waals surface area contributed by atoms with Crippen LogP contribution in [0.4, 0.5) is 11.4 Å². The van der Waals surface area contributed by atoms with E-state index in [-0.39, 0.29) is 34.4 Å². The molecule has 38 heavy (non-hydrogen) atoms. The first-order valence-corrected chi connectivity index (χ1v) is 14.7. The number of carbonyl (C=O) groups is 2. The number of benzene rings is 2. The molecule has 2 aromatic rings. The van der Waals surface area contributed by atoms with Crippen LogP contribution in [-0.2, 0) is 26.3 Å². The Balaban J connectivity index is 1.95. The Labute approximate surface area is 227 Å². The third kappa shape index (κ3) is 8.48. The van der Waals surface area contributed by atoms with Crippen molar-refractivity contribution < 1.29 is 22.2 Å². The maximum Gasteiger partial charge on any atom is 0.339 e. The summed E-state index contributed by atoms with van der Waals surface area (Å²) in [5.41, 5.74) is 1.83. The summed E-state index contributed by atoms with van der Waals surface area (Å²) in [5.74, 6) is 0.514. The molecule has 0 unspecified atom stereocenters. The van der Waals surface area contributed by atoms with Gasteiger partial charge in [-0.25, -0.2) is 0 Å². The molecule has 2 aromatic carbocycles. The first kappa shape index (κ1) is 29.5. The number of nitrogens with zero attached hydrogens (tertiary/aromatic N) is 2. The molecule has 8 nitrogen and oxygen atoms in total. The van der Waals surface area contributed by atoms with E-state index in [1.807, 2.05) is 51.7 Å². The molecule has 0 aromatic heterocycles. The number of carbonyl (C=O) groups excluding carboxylic acids is 2. The first-order valence-electron chi connectivity index (χ1n) is 13.3. The highest BCUT2D eigenvalue weighted by Crippen LogP contribution is 2.34. The van der Waals surface area contributed by atoms with Crippen molar-refractivity contribution in [2.24, 2.45) is 11.3 Å². The smallest absolute Gasteiger partial charge is 0.339 e. The van der Waals surface area contributed by atoms with Crippen molar-refractivity contribution >= 4 is 33.3 Å². The lowest BCUT2D eigenvalue weighted by Crippen LogP contribution is -2.35. The van der Waals surface area contributed by atoms with Gasteiger partial charge in [-0.05, 0) is 68.4 Å². The second-order valence-corrected chi connectivity index (χ2v) is 12.7. The molecule has 0 saturated heterocycles. The molecule has 1 fully saturated rings. The van der Waals surface area contributed by atoms with Crippen molar-refractivity contribution in [2.45, 2.75) is 72.2 Å². The molecule has 1 N–H and O–H groups in total. The summed E-state index contributed by atoms with van der Waals surface area (Å²) in [4.78, 5) is 28.5. The Morgan fingerprint density at radius 2 is 1.66 bits per heavy atom. The molecule has 2 amide bonds. The highest BCUT2D eigenvalue weighted by Gasteiger charge is 2.30.